The first kappa shape index (κ1) is 17.5. The van der Waals surface area contributed by atoms with Gasteiger partial charge in [-0.2, -0.15) is 0 Å². The standard InChI is InChI=1S/C16H20ClFN2O.ClH/c17-15-12(3-1-4-13(15)18)16(21)20-9-6-11(7-10-20)14-5-2-8-19-14;/h1,3-4,11,14,19H,2,5-10H2;1H. The SMILES string of the molecule is Cl.O=C(c1cccc(F)c1Cl)N1CCC(C2CCCN2)CC1. The number of rotatable bonds is 2. The first-order valence-corrected chi connectivity index (χ1v) is 8.01. The molecule has 2 saturated heterocycles. The average Bonchev–Trinajstić information content (AvgIpc) is 3.04. The zero-order valence-corrected chi connectivity index (χ0v) is 13.9. The van der Waals surface area contributed by atoms with Gasteiger partial charge in [-0.3, -0.25) is 4.79 Å². The van der Waals surface area contributed by atoms with Crippen molar-refractivity contribution in [3.63, 3.8) is 0 Å². The van der Waals surface area contributed by atoms with Crippen molar-refractivity contribution in [2.24, 2.45) is 5.92 Å². The number of nitrogens with one attached hydrogen (secondary N) is 1. The molecule has 1 N–H and O–H groups in total. The Bertz CT molecular complexity index is 527. The molecular weight excluding hydrogens is 326 g/mol. The summed E-state index contributed by atoms with van der Waals surface area (Å²) in [6.07, 6.45) is 4.52. The molecule has 3 nitrogen and oxygen atoms in total. The van der Waals surface area contributed by atoms with Gasteiger partial charge in [-0.05, 0) is 50.3 Å². The Labute approximate surface area is 141 Å². The summed E-state index contributed by atoms with van der Waals surface area (Å²) >= 11 is 5.91. The van der Waals surface area contributed by atoms with Crippen molar-refractivity contribution in [1.29, 1.82) is 0 Å². The summed E-state index contributed by atoms with van der Waals surface area (Å²) in [5, 5.41) is 3.48. The lowest BCUT2D eigenvalue weighted by Crippen LogP contribution is -2.43. The van der Waals surface area contributed by atoms with Gasteiger partial charge in [-0.15, -0.1) is 12.4 Å². The molecular formula is C16H21Cl2FN2O. The van der Waals surface area contributed by atoms with Crippen LogP contribution in [0.25, 0.3) is 0 Å². The number of nitrogens with zero attached hydrogens (tertiary/aromatic N) is 1. The highest BCUT2D eigenvalue weighted by Gasteiger charge is 2.30. The topological polar surface area (TPSA) is 32.3 Å². The average molecular weight is 347 g/mol. The van der Waals surface area contributed by atoms with Crippen LogP contribution < -0.4 is 5.32 Å². The molecule has 6 heteroatoms. The van der Waals surface area contributed by atoms with Crippen LogP contribution in [0.3, 0.4) is 0 Å². The summed E-state index contributed by atoms with van der Waals surface area (Å²) < 4.78 is 13.5. The molecule has 2 fully saturated rings. The second kappa shape index (κ2) is 7.62. The molecule has 1 aromatic rings. The molecule has 22 heavy (non-hydrogen) atoms. The summed E-state index contributed by atoms with van der Waals surface area (Å²) in [6, 6.07) is 5.01. The zero-order valence-electron chi connectivity index (χ0n) is 12.4. The normalized spacial score (nSPS) is 22.5. The monoisotopic (exact) mass is 346 g/mol. The van der Waals surface area contributed by atoms with Gasteiger partial charge in [0.2, 0.25) is 0 Å². The number of amides is 1. The van der Waals surface area contributed by atoms with Crippen LogP contribution in [0.2, 0.25) is 5.02 Å². The lowest BCUT2D eigenvalue weighted by atomic mass is 9.88. The number of hydrogen-bond donors (Lipinski definition) is 1. The lowest BCUT2D eigenvalue weighted by molar-refractivity contribution is 0.0674. The Morgan fingerprint density at radius 3 is 2.64 bits per heavy atom. The van der Waals surface area contributed by atoms with Gasteiger partial charge in [0.1, 0.15) is 5.82 Å². The minimum atomic E-state index is -0.535. The van der Waals surface area contributed by atoms with Gasteiger partial charge in [0.25, 0.3) is 5.91 Å². The highest BCUT2D eigenvalue weighted by molar-refractivity contribution is 6.34. The Balaban J connectivity index is 0.00000176. The highest BCUT2D eigenvalue weighted by Crippen LogP contribution is 2.28. The predicted molar refractivity (Wildman–Crippen MR) is 88.3 cm³/mol. The summed E-state index contributed by atoms with van der Waals surface area (Å²) in [4.78, 5) is 14.3. The van der Waals surface area contributed by atoms with E-state index in [0.717, 1.165) is 32.5 Å². The van der Waals surface area contributed by atoms with Crippen LogP contribution in [0.4, 0.5) is 4.39 Å². The number of hydrogen-bond acceptors (Lipinski definition) is 2. The summed E-state index contributed by atoms with van der Waals surface area (Å²) in [5.41, 5.74) is 0.272. The van der Waals surface area contributed by atoms with E-state index < -0.39 is 5.82 Å². The van der Waals surface area contributed by atoms with Gasteiger partial charge in [0.05, 0.1) is 10.6 Å². The highest BCUT2D eigenvalue weighted by atomic mass is 35.5. The second-order valence-corrected chi connectivity index (χ2v) is 6.31. The number of carbonyl (C=O) groups excluding carboxylic acids is 1. The number of halogens is 3. The van der Waals surface area contributed by atoms with Gasteiger partial charge in [0, 0.05) is 19.1 Å². The molecule has 3 rings (SSSR count). The first-order valence-electron chi connectivity index (χ1n) is 7.63. The molecule has 0 aliphatic carbocycles. The van der Waals surface area contributed by atoms with Crippen molar-refractivity contribution in [3.8, 4) is 0 Å². The van der Waals surface area contributed by atoms with Crippen LogP contribution in [0.1, 0.15) is 36.0 Å². The molecule has 0 bridgehead atoms. The molecule has 2 heterocycles. The van der Waals surface area contributed by atoms with E-state index in [0.29, 0.717) is 12.0 Å². The van der Waals surface area contributed by atoms with Gasteiger partial charge in [-0.1, -0.05) is 17.7 Å². The van der Waals surface area contributed by atoms with Crippen LogP contribution >= 0.6 is 24.0 Å². The Hall–Kier alpha value is -0.840. The van der Waals surface area contributed by atoms with Gasteiger partial charge in [0.15, 0.2) is 0 Å². The number of piperidine rings is 1. The van der Waals surface area contributed by atoms with E-state index in [1.54, 1.807) is 11.0 Å². The lowest BCUT2D eigenvalue weighted by Gasteiger charge is -2.35. The molecule has 0 spiro atoms. The van der Waals surface area contributed by atoms with Crippen molar-refractivity contribution in [1.82, 2.24) is 10.2 Å². The number of likely N-dealkylation sites (tertiary alicyclic amines) is 1. The number of carbonyl (C=O) groups is 1. The number of benzene rings is 1. The van der Waals surface area contributed by atoms with E-state index >= 15 is 0 Å². The minimum Gasteiger partial charge on any atom is -0.339 e. The van der Waals surface area contributed by atoms with Crippen LogP contribution in [-0.2, 0) is 0 Å². The third kappa shape index (κ3) is 3.55. The smallest absolute Gasteiger partial charge is 0.255 e. The van der Waals surface area contributed by atoms with Crippen molar-refractivity contribution >= 4 is 29.9 Å². The maximum absolute atomic E-state index is 13.5. The second-order valence-electron chi connectivity index (χ2n) is 5.93. The Morgan fingerprint density at radius 1 is 1.27 bits per heavy atom. The Morgan fingerprint density at radius 2 is 2.00 bits per heavy atom. The van der Waals surface area contributed by atoms with E-state index in [1.807, 2.05) is 0 Å². The van der Waals surface area contributed by atoms with Crippen molar-refractivity contribution in [3.05, 3.63) is 34.6 Å². The third-order valence-corrected chi connectivity index (χ3v) is 5.06. The largest absolute Gasteiger partial charge is 0.339 e. The fraction of sp³-hybridized carbons (Fsp3) is 0.562. The quantitative estimate of drug-likeness (QED) is 0.888. The van der Waals surface area contributed by atoms with E-state index in [9.17, 15) is 9.18 Å². The fourth-order valence-corrected chi connectivity index (χ4v) is 3.66. The molecule has 0 aromatic heterocycles. The molecule has 2 aliphatic rings. The van der Waals surface area contributed by atoms with E-state index in [1.165, 1.54) is 25.0 Å². The van der Waals surface area contributed by atoms with Crippen LogP contribution in [0, 0.1) is 11.7 Å². The first-order chi connectivity index (χ1) is 10.2. The molecule has 2 aliphatic heterocycles. The van der Waals surface area contributed by atoms with Gasteiger partial charge < -0.3 is 10.2 Å². The minimum absolute atomic E-state index is 0. The Kier molecular flexibility index (Phi) is 6.07. The van der Waals surface area contributed by atoms with E-state index in [2.05, 4.69) is 5.32 Å². The van der Waals surface area contributed by atoms with Gasteiger partial charge >= 0.3 is 0 Å². The van der Waals surface area contributed by atoms with Crippen molar-refractivity contribution in [2.75, 3.05) is 19.6 Å². The summed E-state index contributed by atoms with van der Waals surface area (Å²) in [6.45, 7) is 2.58. The van der Waals surface area contributed by atoms with E-state index in [4.69, 9.17) is 11.6 Å². The molecule has 1 unspecified atom stereocenters. The van der Waals surface area contributed by atoms with Gasteiger partial charge in [-0.25, -0.2) is 4.39 Å². The summed E-state index contributed by atoms with van der Waals surface area (Å²) in [5.74, 6) is -0.0376. The van der Waals surface area contributed by atoms with Crippen molar-refractivity contribution < 1.29 is 9.18 Å². The zero-order chi connectivity index (χ0) is 14.8. The predicted octanol–water partition coefficient (Wildman–Crippen LogP) is 3.51. The van der Waals surface area contributed by atoms with Crippen LogP contribution in [0.15, 0.2) is 18.2 Å². The molecule has 0 radical (unpaired) electrons. The third-order valence-electron chi connectivity index (χ3n) is 4.68. The molecule has 122 valence electrons. The fourth-order valence-electron chi connectivity index (χ4n) is 3.46. The maximum Gasteiger partial charge on any atom is 0.255 e. The van der Waals surface area contributed by atoms with Crippen LogP contribution in [0.5, 0.6) is 0 Å². The maximum atomic E-state index is 13.5. The molecule has 1 amide bonds. The molecule has 1 aromatic carbocycles. The van der Waals surface area contributed by atoms with E-state index in [-0.39, 0.29) is 28.9 Å². The van der Waals surface area contributed by atoms with Crippen molar-refractivity contribution in [2.45, 2.75) is 31.7 Å². The molecule has 0 saturated carbocycles. The van der Waals surface area contributed by atoms with Crippen LogP contribution in [-0.4, -0.2) is 36.5 Å². The summed E-state index contributed by atoms with van der Waals surface area (Å²) in [7, 11) is 0. The molecule has 1 atom stereocenters.